The number of nitrogens with one attached hydrogen (secondary N) is 1. The molecule has 2 N–H and O–H groups in total. The molecule has 1 aromatic heterocycles. The summed E-state index contributed by atoms with van der Waals surface area (Å²) in [7, 11) is 0. The minimum absolute atomic E-state index is 0.127. The molecule has 0 saturated carbocycles. The van der Waals surface area contributed by atoms with Gasteiger partial charge in [-0.25, -0.2) is 0 Å². The summed E-state index contributed by atoms with van der Waals surface area (Å²) in [6, 6.07) is 1.70. The lowest BCUT2D eigenvalue weighted by molar-refractivity contribution is 0.0949. The Morgan fingerprint density at radius 1 is 1.67 bits per heavy atom. The van der Waals surface area contributed by atoms with E-state index in [4.69, 9.17) is 9.52 Å². The molecule has 0 radical (unpaired) electrons. The van der Waals surface area contributed by atoms with Crippen molar-refractivity contribution in [3.63, 3.8) is 0 Å². The molecular weight excluding hydrogens is 194 g/mol. The van der Waals surface area contributed by atoms with Crippen molar-refractivity contribution in [3.05, 3.63) is 23.7 Å². The number of rotatable bonds is 5. The van der Waals surface area contributed by atoms with Gasteiger partial charge in [-0.1, -0.05) is 0 Å². The van der Waals surface area contributed by atoms with E-state index >= 15 is 0 Å². The molecule has 0 spiro atoms. The highest BCUT2D eigenvalue weighted by Gasteiger charge is 2.07. The van der Waals surface area contributed by atoms with Gasteiger partial charge in [0.25, 0.3) is 5.91 Å². The average molecular weight is 211 g/mol. The normalized spacial score (nSPS) is 12.5. The Bertz CT molecular complexity index is 317. The third kappa shape index (κ3) is 4.16. The van der Waals surface area contributed by atoms with Gasteiger partial charge in [0, 0.05) is 6.54 Å². The van der Waals surface area contributed by atoms with E-state index in [0.717, 1.165) is 12.2 Å². The van der Waals surface area contributed by atoms with Crippen molar-refractivity contribution in [2.45, 2.75) is 32.8 Å². The van der Waals surface area contributed by atoms with Crippen molar-refractivity contribution < 1.29 is 14.3 Å². The monoisotopic (exact) mass is 211 g/mol. The van der Waals surface area contributed by atoms with Crippen LogP contribution in [-0.4, -0.2) is 23.7 Å². The highest BCUT2D eigenvalue weighted by atomic mass is 16.3. The van der Waals surface area contributed by atoms with Crippen molar-refractivity contribution in [2.24, 2.45) is 0 Å². The largest absolute Gasteiger partial charge is 0.469 e. The third-order valence-corrected chi connectivity index (χ3v) is 2.08. The molecule has 1 aromatic rings. The fourth-order valence-electron chi connectivity index (χ4n) is 1.26. The summed E-state index contributed by atoms with van der Waals surface area (Å²) in [5, 5.41) is 11.8. The summed E-state index contributed by atoms with van der Waals surface area (Å²) in [6.45, 7) is 4.11. The van der Waals surface area contributed by atoms with E-state index in [2.05, 4.69) is 5.32 Å². The van der Waals surface area contributed by atoms with Gasteiger partial charge in [-0.2, -0.15) is 0 Å². The second-order valence-corrected chi connectivity index (χ2v) is 3.69. The van der Waals surface area contributed by atoms with Gasteiger partial charge in [-0.3, -0.25) is 4.79 Å². The molecule has 0 aliphatic heterocycles. The second kappa shape index (κ2) is 5.56. The highest BCUT2D eigenvalue weighted by molar-refractivity contribution is 5.93. The van der Waals surface area contributed by atoms with Crippen molar-refractivity contribution in [3.8, 4) is 0 Å². The van der Waals surface area contributed by atoms with Gasteiger partial charge in [-0.05, 0) is 32.8 Å². The first-order valence-electron chi connectivity index (χ1n) is 5.11. The Morgan fingerprint density at radius 3 is 2.93 bits per heavy atom. The van der Waals surface area contributed by atoms with Crippen molar-refractivity contribution in [2.75, 3.05) is 6.54 Å². The first kappa shape index (κ1) is 11.8. The van der Waals surface area contributed by atoms with E-state index in [1.807, 2.05) is 0 Å². The topological polar surface area (TPSA) is 62.5 Å². The van der Waals surface area contributed by atoms with E-state index in [9.17, 15) is 4.79 Å². The molecule has 1 unspecified atom stereocenters. The van der Waals surface area contributed by atoms with Crippen molar-refractivity contribution in [1.29, 1.82) is 0 Å². The van der Waals surface area contributed by atoms with Crippen LogP contribution < -0.4 is 5.32 Å². The molecule has 1 amide bonds. The van der Waals surface area contributed by atoms with Crippen molar-refractivity contribution in [1.82, 2.24) is 5.32 Å². The molecular formula is C11H17NO3. The first-order valence-corrected chi connectivity index (χ1v) is 5.11. The molecule has 1 rings (SSSR count). The number of aliphatic hydroxyl groups is 1. The van der Waals surface area contributed by atoms with Crippen LogP contribution in [0, 0.1) is 6.92 Å². The standard InChI is InChI=1S/C11H17NO3/c1-8(13)4-3-5-12-11(14)10-6-9(2)15-7-10/h6-8,13H,3-5H2,1-2H3,(H,12,14). The summed E-state index contributed by atoms with van der Waals surface area (Å²) in [5.74, 6) is 0.599. The van der Waals surface area contributed by atoms with Crippen LogP contribution in [0.4, 0.5) is 0 Å². The predicted octanol–water partition coefficient (Wildman–Crippen LogP) is 1.48. The maximum atomic E-state index is 11.5. The summed E-state index contributed by atoms with van der Waals surface area (Å²) >= 11 is 0. The quantitative estimate of drug-likeness (QED) is 0.725. The molecule has 1 atom stereocenters. The molecule has 0 fully saturated rings. The Balaban J connectivity index is 2.25. The Labute approximate surface area is 89.3 Å². The lowest BCUT2D eigenvalue weighted by Gasteiger charge is -2.04. The molecule has 0 aliphatic rings. The lowest BCUT2D eigenvalue weighted by atomic mass is 10.2. The Hall–Kier alpha value is -1.29. The van der Waals surface area contributed by atoms with Gasteiger partial charge in [-0.15, -0.1) is 0 Å². The van der Waals surface area contributed by atoms with Gasteiger partial charge in [0.05, 0.1) is 11.7 Å². The second-order valence-electron chi connectivity index (χ2n) is 3.69. The Kier molecular flexibility index (Phi) is 4.37. The maximum absolute atomic E-state index is 11.5. The van der Waals surface area contributed by atoms with Gasteiger partial charge in [0.15, 0.2) is 0 Å². The fraction of sp³-hybridized carbons (Fsp3) is 0.545. The minimum Gasteiger partial charge on any atom is -0.469 e. The molecule has 0 aliphatic carbocycles. The zero-order valence-corrected chi connectivity index (χ0v) is 9.12. The number of furan rings is 1. The molecule has 4 nitrogen and oxygen atoms in total. The van der Waals surface area contributed by atoms with Crippen LogP contribution in [0.2, 0.25) is 0 Å². The molecule has 0 bridgehead atoms. The SMILES string of the molecule is Cc1cc(C(=O)NCCCC(C)O)co1. The minimum atomic E-state index is -0.307. The molecule has 15 heavy (non-hydrogen) atoms. The number of carbonyl (C=O) groups is 1. The number of hydrogen-bond acceptors (Lipinski definition) is 3. The van der Waals surface area contributed by atoms with E-state index < -0.39 is 0 Å². The molecule has 0 saturated heterocycles. The van der Waals surface area contributed by atoms with Crippen LogP contribution in [-0.2, 0) is 0 Å². The zero-order valence-electron chi connectivity index (χ0n) is 9.12. The van der Waals surface area contributed by atoms with Crippen LogP contribution in [0.1, 0.15) is 35.9 Å². The lowest BCUT2D eigenvalue weighted by Crippen LogP contribution is -2.24. The number of aliphatic hydroxyl groups excluding tert-OH is 1. The van der Waals surface area contributed by atoms with Crippen LogP contribution in [0.3, 0.4) is 0 Å². The number of carbonyl (C=O) groups excluding carboxylic acids is 1. The van der Waals surface area contributed by atoms with Crippen LogP contribution in [0.5, 0.6) is 0 Å². The van der Waals surface area contributed by atoms with Crippen LogP contribution in [0.25, 0.3) is 0 Å². The number of aryl methyl sites for hydroxylation is 1. The number of hydrogen-bond donors (Lipinski definition) is 2. The third-order valence-electron chi connectivity index (χ3n) is 2.08. The predicted molar refractivity (Wildman–Crippen MR) is 56.7 cm³/mol. The Morgan fingerprint density at radius 2 is 2.40 bits per heavy atom. The molecule has 4 heteroatoms. The molecule has 84 valence electrons. The summed E-state index contributed by atoms with van der Waals surface area (Å²) in [5.41, 5.74) is 0.546. The smallest absolute Gasteiger partial charge is 0.254 e. The first-order chi connectivity index (χ1) is 7.09. The van der Waals surface area contributed by atoms with E-state index in [1.165, 1.54) is 6.26 Å². The van der Waals surface area contributed by atoms with Crippen LogP contribution in [0.15, 0.2) is 16.7 Å². The summed E-state index contributed by atoms with van der Waals surface area (Å²) in [4.78, 5) is 11.5. The summed E-state index contributed by atoms with van der Waals surface area (Å²) in [6.07, 6.45) is 2.61. The van der Waals surface area contributed by atoms with Gasteiger partial charge in [0.2, 0.25) is 0 Å². The van der Waals surface area contributed by atoms with Crippen LogP contribution >= 0.6 is 0 Å². The average Bonchev–Trinajstić information content (AvgIpc) is 2.59. The summed E-state index contributed by atoms with van der Waals surface area (Å²) < 4.78 is 5.03. The van der Waals surface area contributed by atoms with E-state index in [0.29, 0.717) is 18.5 Å². The molecule has 1 heterocycles. The fourth-order valence-corrected chi connectivity index (χ4v) is 1.26. The van der Waals surface area contributed by atoms with Gasteiger partial charge < -0.3 is 14.8 Å². The van der Waals surface area contributed by atoms with Crippen molar-refractivity contribution >= 4 is 5.91 Å². The van der Waals surface area contributed by atoms with Gasteiger partial charge >= 0.3 is 0 Å². The van der Waals surface area contributed by atoms with E-state index in [1.54, 1.807) is 19.9 Å². The number of amides is 1. The highest BCUT2D eigenvalue weighted by Crippen LogP contribution is 2.05. The van der Waals surface area contributed by atoms with E-state index in [-0.39, 0.29) is 12.0 Å². The molecule has 0 aromatic carbocycles. The zero-order chi connectivity index (χ0) is 11.3. The van der Waals surface area contributed by atoms with Gasteiger partial charge in [0.1, 0.15) is 12.0 Å². The maximum Gasteiger partial charge on any atom is 0.254 e.